The highest BCUT2D eigenvalue weighted by atomic mass is 79.9. The van der Waals surface area contributed by atoms with Crippen LogP contribution in [0.15, 0.2) is 33.2 Å². The second-order valence-corrected chi connectivity index (χ2v) is 6.82. The summed E-state index contributed by atoms with van der Waals surface area (Å²) in [5.74, 6) is 0. The van der Waals surface area contributed by atoms with Crippen molar-refractivity contribution in [2.24, 2.45) is 0 Å². The summed E-state index contributed by atoms with van der Waals surface area (Å²) in [7, 11) is 0. The summed E-state index contributed by atoms with van der Waals surface area (Å²) in [6.45, 7) is 2.11. The second kappa shape index (κ2) is 5.37. The third-order valence-corrected chi connectivity index (χ3v) is 4.79. The van der Waals surface area contributed by atoms with E-state index < -0.39 is 0 Å². The number of benzene rings is 1. The molecule has 19 heavy (non-hydrogen) atoms. The molecule has 1 aromatic carbocycles. The number of nitrogens with zero attached hydrogens (tertiary/aromatic N) is 1. The monoisotopic (exact) mass is 379 g/mol. The Kier molecular flexibility index (Phi) is 3.77. The lowest BCUT2D eigenvalue weighted by Gasteiger charge is -2.16. The first-order chi connectivity index (χ1) is 9.15. The molecule has 0 N–H and O–H groups in total. The quantitative estimate of drug-likeness (QED) is 0.588. The Morgan fingerprint density at radius 2 is 1.95 bits per heavy atom. The lowest BCUT2D eigenvalue weighted by atomic mass is 9.92. The molecule has 1 nitrogen and oxygen atoms in total. The Labute approximate surface area is 130 Å². The summed E-state index contributed by atoms with van der Waals surface area (Å²) in [6.07, 6.45) is 7.38. The number of pyridine rings is 1. The maximum atomic E-state index is 4.77. The molecule has 0 aliphatic heterocycles. The Hall–Kier alpha value is -0.670. The average Bonchev–Trinajstić information content (AvgIpc) is 2.38. The smallest absolute Gasteiger partial charge is 0.0728 e. The number of hydrogen-bond acceptors (Lipinski definition) is 1. The van der Waals surface area contributed by atoms with E-state index in [-0.39, 0.29) is 0 Å². The molecule has 3 heteroatoms. The van der Waals surface area contributed by atoms with Crippen molar-refractivity contribution >= 4 is 48.3 Å². The van der Waals surface area contributed by atoms with Gasteiger partial charge in [-0.1, -0.05) is 37.9 Å². The Morgan fingerprint density at radius 1 is 1.11 bits per heavy atom. The highest BCUT2D eigenvalue weighted by Crippen LogP contribution is 2.33. The van der Waals surface area contributed by atoms with Crippen LogP contribution in [0.4, 0.5) is 0 Å². The van der Waals surface area contributed by atoms with Crippen molar-refractivity contribution in [2.45, 2.75) is 32.6 Å². The highest BCUT2D eigenvalue weighted by Gasteiger charge is 2.12. The summed E-state index contributed by atoms with van der Waals surface area (Å²) in [5, 5.41) is 1.19. The van der Waals surface area contributed by atoms with Crippen LogP contribution in [-0.4, -0.2) is 4.98 Å². The van der Waals surface area contributed by atoms with Crippen LogP contribution in [0.25, 0.3) is 16.5 Å². The molecule has 0 amide bonds. The number of aryl methyl sites for hydroxylation is 1. The molecule has 0 atom stereocenters. The van der Waals surface area contributed by atoms with Crippen molar-refractivity contribution < 1.29 is 0 Å². The van der Waals surface area contributed by atoms with Crippen molar-refractivity contribution in [3.05, 3.63) is 44.5 Å². The van der Waals surface area contributed by atoms with Gasteiger partial charge in [-0.15, -0.1) is 0 Å². The molecule has 2 aromatic rings. The molecule has 1 heterocycles. The number of rotatable bonds is 1. The van der Waals surface area contributed by atoms with Gasteiger partial charge in [0.05, 0.1) is 5.52 Å². The van der Waals surface area contributed by atoms with Crippen LogP contribution in [0.5, 0.6) is 0 Å². The summed E-state index contributed by atoms with van der Waals surface area (Å²) < 4.78 is 2.16. The molecule has 0 fully saturated rings. The summed E-state index contributed by atoms with van der Waals surface area (Å²) in [5.41, 5.74) is 4.95. The number of hydrogen-bond donors (Lipinski definition) is 0. The van der Waals surface area contributed by atoms with E-state index in [1.165, 1.54) is 42.2 Å². The maximum absolute atomic E-state index is 4.77. The fourth-order valence-corrected chi connectivity index (χ4v) is 4.02. The molecule has 0 radical (unpaired) electrons. The first kappa shape index (κ1) is 13.3. The van der Waals surface area contributed by atoms with Crippen LogP contribution in [0.3, 0.4) is 0 Å². The zero-order chi connectivity index (χ0) is 13.4. The predicted octanol–water partition coefficient (Wildman–Crippen LogP) is 6.03. The summed E-state index contributed by atoms with van der Waals surface area (Å²) >= 11 is 7.16. The minimum absolute atomic E-state index is 1.04. The van der Waals surface area contributed by atoms with Crippen molar-refractivity contribution in [1.82, 2.24) is 4.98 Å². The summed E-state index contributed by atoms with van der Waals surface area (Å²) in [4.78, 5) is 4.77. The van der Waals surface area contributed by atoms with E-state index in [1.54, 1.807) is 0 Å². The Morgan fingerprint density at radius 3 is 2.68 bits per heavy atom. The minimum Gasteiger partial charge on any atom is -0.252 e. The largest absolute Gasteiger partial charge is 0.252 e. The zero-order valence-electron chi connectivity index (χ0n) is 10.8. The first-order valence-corrected chi connectivity index (χ1v) is 8.19. The zero-order valence-corrected chi connectivity index (χ0v) is 14.0. The van der Waals surface area contributed by atoms with E-state index in [0.29, 0.717) is 0 Å². The molecule has 1 aliphatic rings. The molecule has 0 saturated heterocycles. The molecule has 0 unspecified atom stereocenters. The van der Waals surface area contributed by atoms with Crippen molar-refractivity contribution in [1.29, 1.82) is 0 Å². The van der Waals surface area contributed by atoms with E-state index >= 15 is 0 Å². The molecule has 0 saturated carbocycles. The van der Waals surface area contributed by atoms with Gasteiger partial charge in [0.2, 0.25) is 0 Å². The molecule has 1 aliphatic carbocycles. The van der Waals surface area contributed by atoms with E-state index in [0.717, 1.165) is 20.2 Å². The molecule has 0 spiro atoms. The van der Waals surface area contributed by atoms with Gasteiger partial charge in [0, 0.05) is 20.0 Å². The van der Waals surface area contributed by atoms with Gasteiger partial charge in [-0.25, -0.2) is 0 Å². The van der Waals surface area contributed by atoms with Gasteiger partial charge in [0.1, 0.15) is 0 Å². The van der Waals surface area contributed by atoms with E-state index in [9.17, 15) is 0 Å². The van der Waals surface area contributed by atoms with E-state index in [2.05, 4.69) is 63.1 Å². The van der Waals surface area contributed by atoms with Gasteiger partial charge in [-0.2, -0.15) is 0 Å². The third-order valence-electron chi connectivity index (χ3n) is 3.68. The fourth-order valence-electron chi connectivity index (χ4n) is 2.70. The van der Waals surface area contributed by atoms with Crippen LogP contribution in [0.2, 0.25) is 0 Å². The normalized spacial score (nSPS) is 15.6. The van der Waals surface area contributed by atoms with Gasteiger partial charge in [0.15, 0.2) is 0 Å². The third kappa shape index (κ3) is 2.63. The highest BCUT2D eigenvalue weighted by molar-refractivity contribution is 9.11. The van der Waals surface area contributed by atoms with Gasteiger partial charge >= 0.3 is 0 Å². The van der Waals surface area contributed by atoms with Crippen LogP contribution in [0.1, 0.15) is 36.9 Å². The van der Waals surface area contributed by atoms with Gasteiger partial charge in [-0.3, -0.25) is 4.98 Å². The number of allylic oxidation sites excluding steroid dienone is 2. The lowest BCUT2D eigenvalue weighted by molar-refractivity contribution is 0.741. The van der Waals surface area contributed by atoms with Crippen molar-refractivity contribution in [3.8, 4) is 0 Å². The number of halogens is 2. The number of aromatic nitrogens is 1. The Balaban J connectivity index is 2.21. The molecular formula is C16H15Br2N. The molecule has 0 bridgehead atoms. The summed E-state index contributed by atoms with van der Waals surface area (Å²) in [6, 6.07) is 6.44. The van der Waals surface area contributed by atoms with Crippen molar-refractivity contribution in [2.75, 3.05) is 0 Å². The fraction of sp³-hybridized carbons (Fsp3) is 0.312. The minimum atomic E-state index is 1.04. The number of fused-ring (bicyclic) bond motifs is 1. The van der Waals surface area contributed by atoms with Crippen LogP contribution >= 0.6 is 31.9 Å². The van der Waals surface area contributed by atoms with Gasteiger partial charge in [0.25, 0.3) is 0 Å². The molecule has 3 rings (SSSR count). The van der Waals surface area contributed by atoms with E-state index in [4.69, 9.17) is 4.98 Å². The van der Waals surface area contributed by atoms with Crippen LogP contribution < -0.4 is 0 Å². The van der Waals surface area contributed by atoms with E-state index in [1.807, 2.05) is 0 Å². The maximum Gasteiger partial charge on any atom is 0.0728 e. The predicted molar refractivity (Wildman–Crippen MR) is 88.3 cm³/mol. The molecule has 98 valence electrons. The van der Waals surface area contributed by atoms with Crippen LogP contribution in [-0.2, 0) is 0 Å². The molecular weight excluding hydrogens is 366 g/mol. The standard InChI is InChI=1S/C16H15Br2N/c1-10-13(11-5-3-2-4-6-11)9-14-15(18)7-12(17)8-16(14)19-10/h5,7-9H,2-4,6H2,1H3. The lowest BCUT2D eigenvalue weighted by Crippen LogP contribution is -1.97. The van der Waals surface area contributed by atoms with Crippen LogP contribution in [0, 0.1) is 6.92 Å². The second-order valence-electron chi connectivity index (χ2n) is 5.05. The van der Waals surface area contributed by atoms with Gasteiger partial charge in [-0.05, 0) is 61.9 Å². The van der Waals surface area contributed by atoms with Gasteiger partial charge < -0.3 is 0 Å². The topological polar surface area (TPSA) is 12.9 Å². The first-order valence-electron chi connectivity index (χ1n) is 6.61. The SMILES string of the molecule is Cc1nc2cc(Br)cc(Br)c2cc1C1=CCCCC1. The average molecular weight is 381 g/mol. The van der Waals surface area contributed by atoms with Crippen molar-refractivity contribution in [3.63, 3.8) is 0 Å². The molecule has 1 aromatic heterocycles. The Bertz CT molecular complexity index is 674.